The van der Waals surface area contributed by atoms with Gasteiger partial charge >= 0.3 is 21.1 Å². The second-order valence-corrected chi connectivity index (χ2v) is 17.7. The summed E-state index contributed by atoms with van der Waals surface area (Å²) in [5.74, 6) is 0.434. The minimum absolute atomic E-state index is 0.0727. The lowest BCUT2D eigenvalue weighted by atomic mass is 9.49. The molecule has 270 valence electrons. The average Bonchev–Trinajstić information content (AvgIpc) is 3.46. The zero-order valence-corrected chi connectivity index (χ0v) is 33.5. The van der Waals surface area contributed by atoms with Gasteiger partial charge in [0.1, 0.15) is 5.78 Å². The molecule has 0 bridgehead atoms. The van der Waals surface area contributed by atoms with E-state index in [1.165, 1.54) is 11.1 Å². The van der Waals surface area contributed by atoms with Gasteiger partial charge in [-0.3, -0.25) is 9.59 Å². The number of benzene rings is 2. The molecule has 0 atom stereocenters. The molecule has 0 radical (unpaired) electrons. The third-order valence-electron chi connectivity index (χ3n) is 11.6. The van der Waals surface area contributed by atoms with Gasteiger partial charge in [0.05, 0.1) is 33.6 Å². The number of hydrogen-bond acceptors (Lipinski definition) is 8. The van der Waals surface area contributed by atoms with E-state index in [1.807, 2.05) is 119 Å². The molecule has 9 nitrogen and oxygen atoms in total. The number of fused-ring (bicyclic) bond motifs is 2. The smallest absolute Gasteiger partial charge is 0.405 e. The molecule has 0 unspecified atom stereocenters. The van der Waals surface area contributed by atoms with E-state index in [0.29, 0.717) is 25.0 Å². The first-order valence-electron chi connectivity index (χ1n) is 17.7. The third kappa shape index (κ3) is 7.85. The fourth-order valence-electron chi connectivity index (χ4n) is 6.26. The molecule has 1 aliphatic carbocycles. The molecule has 0 saturated carbocycles. The third-order valence-corrected chi connectivity index (χ3v) is 12.4. The van der Waals surface area contributed by atoms with Gasteiger partial charge in [-0.05, 0) is 130 Å². The standard InChI is InChI=1S/C15H20BNO3.C12H24B2O4.C10H9BrO/c1-14(2)15(3,4)20-16(19-14)11-6-5-7-12-10(11)8-9-13(18)17-12;1-9(2)10(3,4)16-13(15-9)14-17-11(5,6)12(7,8)18-14;11-10-3-1-2-7-6-8(12)4-5-9(7)10/h5-7H,8-9H2,1-4H3,(H,17,18);1-8H3;1-3H,4-6H2. The highest BCUT2D eigenvalue weighted by molar-refractivity contribution is 9.10. The van der Waals surface area contributed by atoms with Crippen LogP contribution in [0.4, 0.5) is 5.69 Å². The number of Topliss-reactive ketones (excluding diaryl/α,β-unsaturated/α-hetero) is 1. The molecule has 4 aliphatic heterocycles. The first kappa shape index (κ1) is 39.2. The lowest BCUT2D eigenvalue weighted by Crippen LogP contribution is -2.41. The van der Waals surface area contributed by atoms with Gasteiger partial charge in [0.15, 0.2) is 0 Å². The van der Waals surface area contributed by atoms with Crippen LogP contribution in [-0.4, -0.2) is 66.4 Å². The fourth-order valence-corrected chi connectivity index (χ4v) is 6.86. The lowest BCUT2D eigenvalue weighted by Gasteiger charge is -2.32. The van der Waals surface area contributed by atoms with Crippen LogP contribution in [0, 0.1) is 0 Å². The Bertz CT molecular complexity index is 1540. The van der Waals surface area contributed by atoms with Crippen molar-refractivity contribution in [3.05, 3.63) is 57.6 Å². The monoisotopic (exact) mass is 751 g/mol. The highest BCUT2D eigenvalue weighted by Crippen LogP contribution is 2.43. The van der Waals surface area contributed by atoms with Crippen molar-refractivity contribution in [2.75, 3.05) is 5.32 Å². The van der Waals surface area contributed by atoms with Crippen LogP contribution >= 0.6 is 15.9 Å². The second-order valence-electron chi connectivity index (χ2n) is 16.9. The number of carbonyl (C=O) groups is 2. The zero-order valence-electron chi connectivity index (χ0n) is 31.9. The highest BCUT2D eigenvalue weighted by Gasteiger charge is 2.63. The van der Waals surface area contributed by atoms with Crippen molar-refractivity contribution < 1.29 is 37.5 Å². The molecule has 3 fully saturated rings. The number of amides is 1. The van der Waals surface area contributed by atoms with E-state index in [2.05, 4.69) is 21.2 Å². The van der Waals surface area contributed by atoms with E-state index in [1.54, 1.807) is 0 Å². The van der Waals surface area contributed by atoms with Gasteiger partial charge in [-0.2, -0.15) is 0 Å². The van der Waals surface area contributed by atoms with Gasteiger partial charge in [-0.15, -0.1) is 0 Å². The van der Waals surface area contributed by atoms with Crippen molar-refractivity contribution in [1.82, 2.24) is 0 Å². The van der Waals surface area contributed by atoms with Crippen LogP contribution in [0.2, 0.25) is 0 Å². The molecule has 1 amide bonds. The van der Waals surface area contributed by atoms with Gasteiger partial charge in [-0.25, -0.2) is 0 Å². The van der Waals surface area contributed by atoms with Crippen molar-refractivity contribution in [1.29, 1.82) is 0 Å². The molecule has 2 aromatic rings. The first-order valence-corrected chi connectivity index (χ1v) is 18.5. The minimum atomic E-state index is -0.476. The Morgan fingerprint density at radius 1 is 0.580 bits per heavy atom. The maximum absolute atomic E-state index is 11.5. The Kier molecular flexibility index (Phi) is 10.8. The summed E-state index contributed by atoms with van der Waals surface area (Å²) in [5.41, 5.74) is 3.42. The Morgan fingerprint density at radius 3 is 1.56 bits per heavy atom. The van der Waals surface area contributed by atoms with Crippen LogP contribution in [0.1, 0.15) is 113 Å². The molecular formula is C37H53B3BrNO8. The van der Waals surface area contributed by atoms with Gasteiger partial charge in [0.2, 0.25) is 5.91 Å². The molecular weight excluding hydrogens is 699 g/mol. The van der Waals surface area contributed by atoms with E-state index < -0.39 is 14.0 Å². The van der Waals surface area contributed by atoms with Crippen LogP contribution in [0.15, 0.2) is 40.9 Å². The molecule has 3 saturated heterocycles. The van der Waals surface area contributed by atoms with E-state index >= 15 is 0 Å². The lowest BCUT2D eigenvalue weighted by molar-refractivity contribution is -0.119. The number of halogens is 1. The summed E-state index contributed by atoms with van der Waals surface area (Å²) >= 11 is 3.49. The van der Waals surface area contributed by atoms with Gasteiger partial charge in [0, 0.05) is 29.4 Å². The summed E-state index contributed by atoms with van der Waals surface area (Å²) in [7, 11) is -1.32. The largest absolute Gasteiger partial charge is 0.495 e. The van der Waals surface area contributed by atoms with Crippen molar-refractivity contribution in [3.8, 4) is 0 Å². The van der Waals surface area contributed by atoms with Crippen molar-refractivity contribution in [2.24, 2.45) is 0 Å². The van der Waals surface area contributed by atoms with Crippen molar-refractivity contribution in [3.63, 3.8) is 0 Å². The number of ketones is 1. The Labute approximate surface area is 308 Å². The summed E-state index contributed by atoms with van der Waals surface area (Å²) in [4.78, 5) is 22.6. The van der Waals surface area contributed by atoms with Crippen molar-refractivity contribution in [2.45, 2.75) is 149 Å². The topological polar surface area (TPSA) is 102 Å². The van der Waals surface area contributed by atoms with Gasteiger partial charge in [-0.1, -0.05) is 40.2 Å². The number of nitrogens with one attached hydrogen (secondary N) is 1. The molecule has 7 rings (SSSR count). The Hall–Kier alpha value is -1.99. The zero-order chi connectivity index (χ0) is 37.1. The molecule has 0 aromatic heterocycles. The SMILES string of the molecule is CC1(C)OB(B2OC(C)(C)C(C)(C)O2)OC1(C)C.CC1(C)OB(c2cccc3c2CCC(=O)N3)OC1(C)C.O=C1CCc2c(Br)cccc2C1. The molecule has 4 heterocycles. The van der Waals surface area contributed by atoms with E-state index in [-0.39, 0.29) is 46.6 Å². The van der Waals surface area contributed by atoms with Crippen LogP contribution in [0.3, 0.4) is 0 Å². The molecule has 2 aromatic carbocycles. The normalized spacial score (nSPS) is 24.7. The summed E-state index contributed by atoms with van der Waals surface area (Å²) in [6, 6.07) is 12.0. The number of hydrogen-bond donors (Lipinski definition) is 1. The predicted molar refractivity (Wildman–Crippen MR) is 202 cm³/mol. The Balaban J connectivity index is 0.000000150. The van der Waals surface area contributed by atoms with Crippen LogP contribution in [0.25, 0.3) is 0 Å². The average molecular weight is 752 g/mol. The van der Waals surface area contributed by atoms with Crippen LogP contribution in [-0.2, 0) is 56.8 Å². The van der Waals surface area contributed by atoms with Gasteiger partial charge in [0.25, 0.3) is 0 Å². The number of anilines is 1. The first-order chi connectivity index (χ1) is 23.0. The molecule has 1 N–H and O–H groups in total. The van der Waals surface area contributed by atoms with Crippen molar-refractivity contribution >= 4 is 59.9 Å². The maximum atomic E-state index is 11.5. The van der Waals surface area contributed by atoms with Crippen LogP contribution < -0.4 is 10.8 Å². The summed E-state index contributed by atoms with van der Waals surface area (Å²) in [5, 5.41) is 2.92. The summed E-state index contributed by atoms with van der Waals surface area (Å²) in [6.07, 6.45) is 3.48. The molecule has 0 spiro atoms. The van der Waals surface area contributed by atoms with Gasteiger partial charge < -0.3 is 33.2 Å². The summed E-state index contributed by atoms with van der Waals surface area (Å²) < 4.78 is 37.2. The summed E-state index contributed by atoms with van der Waals surface area (Å²) in [6.45, 7) is 24.4. The van der Waals surface area contributed by atoms with Crippen LogP contribution in [0.5, 0.6) is 0 Å². The molecule has 50 heavy (non-hydrogen) atoms. The van der Waals surface area contributed by atoms with E-state index in [4.69, 9.17) is 27.9 Å². The fraction of sp³-hybridized carbons (Fsp3) is 0.622. The van der Waals surface area contributed by atoms with E-state index in [0.717, 1.165) is 34.0 Å². The Morgan fingerprint density at radius 2 is 1.04 bits per heavy atom. The maximum Gasteiger partial charge on any atom is 0.495 e. The number of carbonyl (C=O) groups excluding carboxylic acids is 2. The van der Waals surface area contributed by atoms with E-state index in [9.17, 15) is 9.59 Å². The molecule has 13 heteroatoms. The molecule has 5 aliphatic rings. The highest BCUT2D eigenvalue weighted by atomic mass is 79.9. The quantitative estimate of drug-likeness (QED) is 0.342. The number of rotatable bonds is 2. The second kappa shape index (κ2) is 13.8. The predicted octanol–water partition coefficient (Wildman–Crippen LogP) is 6.63. The minimum Gasteiger partial charge on any atom is -0.405 e.